The minimum atomic E-state index is -0.597. The molecule has 23 heavy (non-hydrogen) atoms. The van der Waals surface area contributed by atoms with Crippen molar-refractivity contribution in [1.82, 2.24) is 9.97 Å². The number of H-pyrrole nitrogens is 1. The Kier molecular flexibility index (Phi) is 3.34. The number of fused-ring (bicyclic) bond motifs is 2. The van der Waals surface area contributed by atoms with Crippen molar-refractivity contribution < 1.29 is 14.3 Å². The fraction of sp³-hybridized carbons (Fsp3) is 0.176. The standard InChI is InChI=1S/C17H15N3O3/c21-17(20-12-9-11-5-7-18-16(11)19-10-12)15-6-8-22-13-3-1-2-4-14(13)23-15/h1-5,7,9-10,15H,6,8H2,(H,18,19)(H,20,21). The lowest BCUT2D eigenvalue weighted by atomic mass is 10.2. The summed E-state index contributed by atoms with van der Waals surface area (Å²) in [5, 5.41) is 3.80. The minimum Gasteiger partial charge on any atom is -0.490 e. The summed E-state index contributed by atoms with van der Waals surface area (Å²) in [6.07, 6.45) is 3.32. The van der Waals surface area contributed by atoms with Gasteiger partial charge in [-0.05, 0) is 24.3 Å². The van der Waals surface area contributed by atoms with Gasteiger partial charge in [-0.15, -0.1) is 0 Å². The van der Waals surface area contributed by atoms with E-state index in [2.05, 4.69) is 15.3 Å². The van der Waals surface area contributed by atoms with Crippen LogP contribution in [0.15, 0.2) is 48.8 Å². The molecule has 0 bridgehead atoms. The number of nitrogens with zero attached hydrogens (tertiary/aromatic N) is 1. The van der Waals surface area contributed by atoms with Crippen molar-refractivity contribution >= 4 is 22.6 Å². The van der Waals surface area contributed by atoms with Crippen LogP contribution in [-0.4, -0.2) is 28.6 Å². The third-order valence-corrected chi connectivity index (χ3v) is 3.72. The van der Waals surface area contributed by atoms with Crippen LogP contribution >= 0.6 is 0 Å². The fourth-order valence-electron chi connectivity index (χ4n) is 2.57. The molecule has 0 radical (unpaired) electrons. The molecule has 3 aromatic rings. The lowest BCUT2D eigenvalue weighted by molar-refractivity contribution is -0.122. The molecule has 3 heterocycles. The Morgan fingerprint density at radius 2 is 2.13 bits per heavy atom. The number of anilines is 1. The number of hydrogen-bond donors (Lipinski definition) is 2. The maximum absolute atomic E-state index is 12.5. The quantitative estimate of drug-likeness (QED) is 0.763. The van der Waals surface area contributed by atoms with Crippen molar-refractivity contribution in [1.29, 1.82) is 0 Å². The number of carbonyl (C=O) groups excluding carboxylic acids is 1. The summed E-state index contributed by atoms with van der Waals surface area (Å²) in [6, 6.07) is 11.1. The number of pyridine rings is 1. The van der Waals surface area contributed by atoms with E-state index in [1.54, 1.807) is 12.3 Å². The number of ether oxygens (including phenoxy) is 2. The fourth-order valence-corrected chi connectivity index (χ4v) is 2.57. The van der Waals surface area contributed by atoms with E-state index in [9.17, 15) is 4.79 Å². The van der Waals surface area contributed by atoms with Crippen LogP contribution in [0.2, 0.25) is 0 Å². The maximum atomic E-state index is 12.5. The molecule has 2 N–H and O–H groups in total. The van der Waals surface area contributed by atoms with Crippen LogP contribution in [0.5, 0.6) is 11.5 Å². The van der Waals surface area contributed by atoms with E-state index in [1.807, 2.05) is 36.5 Å². The van der Waals surface area contributed by atoms with E-state index in [0.717, 1.165) is 11.0 Å². The van der Waals surface area contributed by atoms with E-state index >= 15 is 0 Å². The Bertz CT molecular complexity index is 859. The first-order valence-electron chi connectivity index (χ1n) is 7.42. The highest BCUT2D eigenvalue weighted by Gasteiger charge is 2.25. The largest absolute Gasteiger partial charge is 0.490 e. The zero-order valence-electron chi connectivity index (χ0n) is 12.3. The SMILES string of the molecule is O=C(Nc1cnc2[nH]ccc2c1)C1CCOc2ccccc2O1. The lowest BCUT2D eigenvalue weighted by Crippen LogP contribution is -2.33. The number of aromatic nitrogens is 2. The Hall–Kier alpha value is -3.02. The molecule has 1 aliphatic heterocycles. The maximum Gasteiger partial charge on any atom is 0.265 e. The van der Waals surface area contributed by atoms with Crippen molar-refractivity contribution in [2.24, 2.45) is 0 Å². The van der Waals surface area contributed by atoms with Crippen LogP contribution in [0.4, 0.5) is 5.69 Å². The second-order valence-corrected chi connectivity index (χ2v) is 5.32. The molecule has 1 amide bonds. The predicted octanol–water partition coefficient (Wildman–Crippen LogP) is 2.73. The average molecular weight is 309 g/mol. The Morgan fingerprint density at radius 1 is 1.26 bits per heavy atom. The summed E-state index contributed by atoms with van der Waals surface area (Å²) in [5.74, 6) is 1.05. The Labute approximate surface area is 132 Å². The first kappa shape index (κ1) is 13.6. The molecule has 1 aliphatic rings. The first-order chi connectivity index (χ1) is 11.3. The average Bonchev–Trinajstić information content (AvgIpc) is 2.91. The van der Waals surface area contributed by atoms with Gasteiger partial charge in [-0.25, -0.2) is 4.98 Å². The van der Waals surface area contributed by atoms with Crippen LogP contribution in [0, 0.1) is 0 Å². The zero-order chi connectivity index (χ0) is 15.6. The van der Waals surface area contributed by atoms with Gasteiger partial charge in [-0.1, -0.05) is 12.1 Å². The summed E-state index contributed by atoms with van der Waals surface area (Å²) in [4.78, 5) is 19.8. The second kappa shape index (κ2) is 5.64. The first-order valence-corrected chi connectivity index (χ1v) is 7.42. The van der Waals surface area contributed by atoms with Crippen LogP contribution in [0.3, 0.4) is 0 Å². The van der Waals surface area contributed by atoms with Crippen LogP contribution in [-0.2, 0) is 4.79 Å². The monoisotopic (exact) mass is 309 g/mol. The van der Waals surface area contributed by atoms with E-state index in [0.29, 0.717) is 30.2 Å². The topological polar surface area (TPSA) is 76.2 Å². The summed E-state index contributed by atoms with van der Waals surface area (Å²) >= 11 is 0. The number of benzene rings is 1. The smallest absolute Gasteiger partial charge is 0.265 e. The van der Waals surface area contributed by atoms with Crippen LogP contribution in [0.1, 0.15) is 6.42 Å². The highest BCUT2D eigenvalue weighted by molar-refractivity contribution is 5.95. The number of aromatic amines is 1. The normalized spacial score (nSPS) is 16.8. The molecule has 0 spiro atoms. The summed E-state index contributed by atoms with van der Waals surface area (Å²) in [7, 11) is 0. The van der Waals surface area contributed by atoms with Gasteiger partial charge in [-0.2, -0.15) is 0 Å². The van der Waals surface area contributed by atoms with E-state index in [4.69, 9.17) is 9.47 Å². The molecule has 1 aromatic carbocycles. The van der Waals surface area contributed by atoms with Crippen molar-refractivity contribution in [2.45, 2.75) is 12.5 Å². The molecule has 0 saturated heterocycles. The van der Waals surface area contributed by atoms with Gasteiger partial charge in [0.05, 0.1) is 18.5 Å². The van der Waals surface area contributed by atoms with Crippen LogP contribution in [0.25, 0.3) is 11.0 Å². The van der Waals surface area contributed by atoms with E-state index in [1.165, 1.54) is 0 Å². The number of rotatable bonds is 2. The molecule has 0 saturated carbocycles. The molecule has 0 fully saturated rings. The van der Waals surface area contributed by atoms with Crippen molar-refractivity contribution in [3.05, 3.63) is 48.8 Å². The van der Waals surface area contributed by atoms with Gasteiger partial charge < -0.3 is 19.8 Å². The molecule has 0 aliphatic carbocycles. The summed E-state index contributed by atoms with van der Waals surface area (Å²) < 4.78 is 11.4. The minimum absolute atomic E-state index is 0.206. The number of para-hydroxylation sites is 2. The van der Waals surface area contributed by atoms with Crippen molar-refractivity contribution in [3.63, 3.8) is 0 Å². The van der Waals surface area contributed by atoms with Gasteiger partial charge in [0.15, 0.2) is 17.6 Å². The lowest BCUT2D eigenvalue weighted by Gasteiger charge is -2.15. The number of hydrogen-bond acceptors (Lipinski definition) is 4. The van der Waals surface area contributed by atoms with Crippen molar-refractivity contribution in [2.75, 3.05) is 11.9 Å². The third kappa shape index (κ3) is 2.70. The molecule has 1 atom stereocenters. The van der Waals surface area contributed by atoms with Gasteiger partial charge in [0.2, 0.25) is 0 Å². The van der Waals surface area contributed by atoms with Gasteiger partial charge in [-0.3, -0.25) is 4.79 Å². The highest BCUT2D eigenvalue weighted by atomic mass is 16.5. The number of amides is 1. The van der Waals surface area contributed by atoms with Crippen molar-refractivity contribution in [3.8, 4) is 11.5 Å². The predicted molar refractivity (Wildman–Crippen MR) is 85.7 cm³/mol. The summed E-state index contributed by atoms with van der Waals surface area (Å²) in [6.45, 7) is 0.435. The van der Waals surface area contributed by atoms with E-state index in [-0.39, 0.29) is 5.91 Å². The summed E-state index contributed by atoms with van der Waals surface area (Å²) in [5.41, 5.74) is 1.43. The van der Waals surface area contributed by atoms with Gasteiger partial charge in [0.1, 0.15) is 5.65 Å². The molecular formula is C17H15N3O3. The highest BCUT2D eigenvalue weighted by Crippen LogP contribution is 2.30. The zero-order valence-corrected chi connectivity index (χ0v) is 12.3. The van der Waals surface area contributed by atoms with Gasteiger partial charge in [0.25, 0.3) is 5.91 Å². The molecule has 1 unspecified atom stereocenters. The number of nitrogens with one attached hydrogen (secondary N) is 2. The second-order valence-electron chi connectivity index (χ2n) is 5.32. The molecule has 6 nitrogen and oxygen atoms in total. The van der Waals surface area contributed by atoms with Gasteiger partial charge >= 0.3 is 0 Å². The molecule has 6 heteroatoms. The van der Waals surface area contributed by atoms with Crippen LogP contribution < -0.4 is 14.8 Å². The molecule has 2 aromatic heterocycles. The molecule has 116 valence electrons. The van der Waals surface area contributed by atoms with E-state index < -0.39 is 6.10 Å². The Morgan fingerprint density at radius 3 is 3.04 bits per heavy atom. The van der Waals surface area contributed by atoms with Gasteiger partial charge in [0, 0.05) is 18.0 Å². The molecular weight excluding hydrogens is 294 g/mol. The molecule has 4 rings (SSSR count). The third-order valence-electron chi connectivity index (χ3n) is 3.72. The number of carbonyl (C=O) groups is 1. The Balaban J connectivity index is 1.52.